The molecule has 0 fully saturated rings. The molecule has 7 heteroatoms. The fraction of sp³-hybridized carbons (Fsp3) is 0.0667. The van der Waals surface area contributed by atoms with Crippen molar-refractivity contribution in [2.45, 2.75) is 6.92 Å². The third-order valence-electron chi connectivity index (χ3n) is 2.93. The Morgan fingerprint density at radius 3 is 2.55 bits per heavy atom. The molecule has 2 aromatic carbocycles. The number of benzene rings is 2. The first kappa shape index (κ1) is 15.7. The van der Waals surface area contributed by atoms with Gasteiger partial charge in [-0.2, -0.15) is 0 Å². The molecular weight excluding hydrogens is 308 g/mol. The van der Waals surface area contributed by atoms with Crippen molar-refractivity contribution < 1.29 is 14.5 Å². The standard InChI is InChI=1S/C15H11ClN2O4/c1-9(19)10-3-2-4-11(7-10)17-15(20)13-8-12(18(21)22)5-6-14(13)16/h2-8H,1H3,(H,17,20). The van der Waals surface area contributed by atoms with Crippen molar-refractivity contribution in [1.29, 1.82) is 0 Å². The molecule has 0 spiro atoms. The highest BCUT2D eigenvalue weighted by Gasteiger charge is 2.16. The van der Waals surface area contributed by atoms with Crippen LogP contribution in [0, 0.1) is 10.1 Å². The number of Topliss-reactive ketones (excluding diaryl/α,β-unsaturated/α-hetero) is 1. The first-order valence-electron chi connectivity index (χ1n) is 6.25. The Labute approximate surface area is 130 Å². The van der Waals surface area contributed by atoms with E-state index in [0.29, 0.717) is 11.3 Å². The van der Waals surface area contributed by atoms with Crippen molar-refractivity contribution in [3.05, 3.63) is 68.7 Å². The minimum Gasteiger partial charge on any atom is -0.322 e. The molecule has 0 heterocycles. The molecule has 0 aromatic heterocycles. The highest BCUT2D eigenvalue weighted by molar-refractivity contribution is 6.34. The number of halogens is 1. The van der Waals surface area contributed by atoms with Crippen molar-refractivity contribution in [2.24, 2.45) is 0 Å². The number of carbonyl (C=O) groups is 2. The monoisotopic (exact) mass is 318 g/mol. The first-order chi connectivity index (χ1) is 10.4. The lowest BCUT2D eigenvalue weighted by Crippen LogP contribution is -2.13. The molecule has 6 nitrogen and oxygen atoms in total. The highest BCUT2D eigenvalue weighted by Crippen LogP contribution is 2.23. The quantitative estimate of drug-likeness (QED) is 0.528. The second-order valence-electron chi connectivity index (χ2n) is 4.51. The zero-order valence-corrected chi connectivity index (χ0v) is 12.3. The lowest BCUT2D eigenvalue weighted by atomic mass is 10.1. The van der Waals surface area contributed by atoms with Gasteiger partial charge in [0.15, 0.2) is 5.78 Å². The van der Waals surface area contributed by atoms with E-state index in [1.165, 1.54) is 25.1 Å². The minimum atomic E-state index is -0.608. The van der Waals surface area contributed by atoms with Gasteiger partial charge in [-0.1, -0.05) is 23.7 Å². The molecule has 1 amide bonds. The Kier molecular flexibility index (Phi) is 4.53. The van der Waals surface area contributed by atoms with E-state index < -0.39 is 10.8 Å². The maximum atomic E-state index is 12.2. The summed E-state index contributed by atoms with van der Waals surface area (Å²) in [5.41, 5.74) is 0.611. The largest absolute Gasteiger partial charge is 0.322 e. The van der Waals surface area contributed by atoms with E-state index in [9.17, 15) is 19.7 Å². The summed E-state index contributed by atoms with van der Waals surface area (Å²) in [6.07, 6.45) is 0. The SMILES string of the molecule is CC(=O)c1cccc(NC(=O)c2cc([N+](=O)[O-])ccc2Cl)c1. The molecule has 0 aliphatic carbocycles. The lowest BCUT2D eigenvalue weighted by Gasteiger charge is -2.07. The average molecular weight is 319 g/mol. The molecule has 0 atom stereocenters. The summed E-state index contributed by atoms with van der Waals surface area (Å²) in [5, 5.41) is 13.4. The van der Waals surface area contributed by atoms with Gasteiger partial charge in [-0.15, -0.1) is 0 Å². The number of amides is 1. The van der Waals surface area contributed by atoms with Gasteiger partial charge in [0.25, 0.3) is 11.6 Å². The number of rotatable bonds is 4. The van der Waals surface area contributed by atoms with Crippen LogP contribution in [0.3, 0.4) is 0 Å². The van der Waals surface area contributed by atoms with Crippen LogP contribution in [0.15, 0.2) is 42.5 Å². The number of nitrogens with zero attached hydrogens (tertiary/aromatic N) is 1. The maximum absolute atomic E-state index is 12.2. The van der Waals surface area contributed by atoms with Crippen LogP contribution in [0.5, 0.6) is 0 Å². The van der Waals surface area contributed by atoms with Crippen molar-refractivity contribution in [3.8, 4) is 0 Å². The van der Waals surface area contributed by atoms with Crippen LogP contribution >= 0.6 is 11.6 Å². The topological polar surface area (TPSA) is 89.3 Å². The van der Waals surface area contributed by atoms with Crippen molar-refractivity contribution in [3.63, 3.8) is 0 Å². The predicted octanol–water partition coefficient (Wildman–Crippen LogP) is 3.70. The fourth-order valence-electron chi connectivity index (χ4n) is 1.82. The summed E-state index contributed by atoms with van der Waals surface area (Å²) in [4.78, 5) is 33.7. The number of nitrogens with one attached hydrogen (secondary N) is 1. The van der Waals surface area contributed by atoms with E-state index in [1.54, 1.807) is 18.2 Å². The number of nitro groups is 1. The van der Waals surface area contributed by atoms with Gasteiger partial charge in [0.2, 0.25) is 0 Å². The Morgan fingerprint density at radius 1 is 1.18 bits per heavy atom. The average Bonchev–Trinajstić information content (AvgIpc) is 2.47. The number of anilines is 1. The van der Waals surface area contributed by atoms with E-state index in [2.05, 4.69) is 5.32 Å². The van der Waals surface area contributed by atoms with Gasteiger partial charge in [0, 0.05) is 23.4 Å². The van der Waals surface area contributed by atoms with E-state index in [-0.39, 0.29) is 22.1 Å². The molecule has 0 aliphatic heterocycles. The van der Waals surface area contributed by atoms with Gasteiger partial charge in [0.05, 0.1) is 15.5 Å². The molecule has 112 valence electrons. The molecule has 22 heavy (non-hydrogen) atoms. The van der Waals surface area contributed by atoms with Gasteiger partial charge >= 0.3 is 0 Å². The Morgan fingerprint density at radius 2 is 1.91 bits per heavy atom. The third-order valence-corrected chi connectivity index (χ3v) is 3.26. The van der Waals surface area contributed by atoms with Crippen LogP contribution in [-0.4, -0.2) is 16.6 Å². The Hall–Kier alpha value is -2.73. The number of non-ortho nitro benzene ring substituents is 1. The minimum absolute atomic E-state index is 0.0101. The van der Waals surface area contributed by atoms with E-state index in [1.807, 2.05) is 0 Å². The van der Waals surface area contributed by atoms with Gasteiger partial charge in [0.1, 0.15) is 0 Å². The lowest BCUT2D eigenvalue weighted by molar-refractivity contribution is -0.384. The molecule has 1 N–H and O–H groups in total. The van der Waals surface area contributed by atoms with Gasteiger partial charge < -0.3 is 5.32 Å². The smallest absolute Gasteiger partial charge is 0.270 e. The van der Waals surface area contributed by atoms with Crippen LogP contribution in [0.4, 0.5) is 11.4 Å². The summed E-state index contributed by atoms with van der Waals surface area (Å²) < 4.78 is 0. The van der Waals surface area contributed by atoms with Crippen LogP contribution < -0.4 is 5.32 Å². The zero-order chi connectivity index (χ0) is 16.3. The highest BCUT2D eigenvalue weighted by atomic mass is 35.5. The second-order valence-corrected chi connectivity index (χ2v) is 4.92. The summed E-state index contributed by atoms with van der Waals surface area (Å²) in [6.45, 7) is 1.42. The molecule has 2 aromatic rings. The van der Waals surface area contributed by atoms with Crippen molar-refractivity contribution >= 4 is 34.7 Å². The molecule has 0 saturated heterocycles. The van der Waals surface area contributed by atoms with E-state index in [0.717, 1.165) is 6.07 Å². The number of hydrogen-bond donors (Lipinski definition) is 1. The normalized spacial score (nSPS) is 10.1. The maximum Gasteiger partial charge on any atom is 0.270 e. The summed E-state index contributed by atoms with van der Waals surface area (Å²) >= 11 is 5.91. The Bertz CT molecular complexity index is 774. The van der Waals surface area contributed by atoms with Crippen molar-refractivity contribution in [1.82, 2.24) is 0 Å². The zero-order valence-electron chi connectivity index (χ0n) is 11.5. The first-order valence-corrected chi connectivity index (χ1v) is 6.62. The predicted molar refractivity (Wildman–Crippen MR) is 82.5 cm³/mol. The fourth-order valence-corrected chi connectivity index (χ4v) is 2.02. The van der Waals surface area contributed by atoms with E-state index >= 15 is 0 Å². The Balaban J connectivity index is 2.29. The van der Waals surface area contributed by atoms with Crippen LogP contribution in [0.25, 0.3) is 0 Å². The molecular formula is C15H11ClN2O4. The number of carbonyl (C=O) groups excluding carboxylic acids is 2. The summed E-state index contributed by atoms with van der Waals surface area (Å²) in [7, 11) is 0. The molecule has 0 radical (unpaired) electrons. The molecule has 2 rings (SSSR count). The van der Waals surface area contributed by atoms with Gasteiger partial charge in [-0.05, 0) is 25.1 Å². The molecule has 0 unspecified atom stereocenters. The van der Waals surface area contributed by atoms with Gasteiger partial charge in [-0.25, -0.2) is 0 Å². The van der Waals surface area contributed by atoms with Crippen LogP contribution in [0.2, 0.25) is 5.02 Å². The van der Waals surface area contributed by atoms with Crippen molar-refractivity contribution in [2.75, 3.05) is 5.32 Å². The summed E-state index contributed by atoms with van der Waals surface area (Å²) in [6, 6.07) is 9.99. The molecule has 0 aliphatic rings. The number of nitro benzene ring substituents is 1. The van der Waals surface area contributed by atoms with Crippen LogP contribution in [0.1, 0.15) is 27.6 Å². The van der Waals surface area contributed by atoms with Crippen LogP contribution in [-0.2, 0) is 0 Å². The number of ketones is 1. The van der Waals surface area contributed by atoms with E-state index in [4.69, 9.17) is 11.6 Å². The third kappa shape index (κ3) is 3.48. The summed E-state index contributed by atoms with van der Waals surface area (Å²) in [5.74, 6) is -0.723. The van der Waals surface area contributed by atoms with Gasteiger partial charge in [-0.3, -0.25) is 19.7 Å². The molecule has 0 bridgehead atoms. The number of hydrogen-bond acceptors (Lipinski definition) is 4. The molecule has 0 saturated carbocycles. The second kappa shape index (κ2) is 6.36.